The van der Waals surface area contributed by atoms with E-state index < -0.39 is 0 Å². The van der Waals surface area contributed by atoms with Gasteiger partial charge in [0.05, 0.1) is 0 Å². The van der Waals surface area contributed by atoms with E-state index in [1.807, 2.05) is 14.1 Å². The molecule has 0 atom stereocenters. The number of piperidine rings is 1. The molecule has 0 aromatic heterocycles. The van der Waals surface area contributed by atoms with Gasteiger partial charge in [0, 0.05) is 40.0 Å². The van der Waals surface area contributed by atoms with Crippen LogP contribution in [0.4, 0.5) is 0 Å². The zero-order valence-corrected chi connectivity index (χ0v) is 9.66. The van der Waals surface area contributed by atoms with Gasteiger partial charge in [-0.05, 0) is 19.3 Å². The number of hydrogen-bond acceptors (Lipinski definition) is 2. The Hall–Kier alpha value is -1.06. The van der Waals surface area contributed by atoms with Gasteiger partial charge in [-0.15, -0.1) is 0 Å². The maximum atomic E-state index is 10.7. The Kier molecular flexibility index (Phi) is 6.77. The van der Waals surface area contributed by atoms with Crippen molar-refractivity contribution >= 4 is 11.8 Å². The van der Waals surface area contributed by atoms with Gasteiger partial charge in [-0.3, -0.25) is 9.59 Å². The van der Waals surface area contributed by atoms with E-state index >= 15 is 0 Å². The van der Waals surface area contributed by atoms with Crippen LogP contribution in [-0.4, -0.2) is 48.8 Å². The molecule has 0 spiro atoms. The van der Waals surface area contributed by atoms with E-state index in [0.29, 0.717) is 11.8 Å². The Morgan fingerprint density at radius 1 is 0.812 bits per heavy atom. The van der Waals surface area contributed by atoms with E-state index in [4.69, 9.17) is 0 Å². The molecule has 4 nitrogen and oxygen atoms in total. The molecule has 0 bridgehead atoms. The molecule has 2 saturated heterocycles. The van der Waals surface area contributed by atoms with Gasteiger partial charge in [0.25, 0.3) is 0 Å². The van der Waals surface area contributed by atoms with Gasteiger partial charge in [-0.2, -0.15) is 0 Å². The summed E-state index contributed by atoms with van der Waals surface area (Å²) in [5.41, 5.74) is 0. The summed E-state index contributed by atoms with van der Waals surface area (Å²) in [5, 5.41) is 0. The second-order valence-electron chi connectivity index (χ2n) is 4.19. The summed E-state index contributed by atoms with van der Waals surface area (Å²) in [7, 11) is 3.71. The fourth-order valence-electron chi connectivity index (χ4n) is 1.72. The lowest BCUT2D eigenvalue weighted by Gasteiger charge is -2.21. The summed E-state index contributed by atoms with van der Waals surface area (Å²) < 4.78 is 0. The minimum atomic E-state index is 0. The summed E-state index contributed by atoms with van der Waals surface area (Å²) in [6, 6.07) is 0. The third-order valence-electron chi connectivity index (χ3n) is 2.87. The minimum Gasteiger partial charge on any atom is -0.346 e. The Bertz CT molecular complexity index is 241. The van der Waals surface area contributed by atoms with Crippen LogP contribution in [0, 0.1) is 0 Å². The lowest BCUT2D eigenvalue weighted by Crippen LogP contribution is -2.31. The van der Waals surface area contributed by atoms with Crippen molar-refractivity contribution in [2.24, 2.45) is 0 Å². The Morgan fingerprint density at radius 2 is 1.25 bits per heavy atom. The molecule has 2 fully saturated rings. The molecule has 0 aromatic carbocycles. The smallest absolute Gasteiger partial charge is 0.222 e. The zero-order chi connectivity index (χ0) is 11.3. The summed E-state index contributed by atoms with van der Waals surface area (Å²) in [6.45, 7) is 1.91. The van der Waals surface area contributed by atoms with Gasteiger partial charge in [0.15, 0.2) is 0 Å². The van der Waals surface area contributed by atoms with Crippen LogP contribution in [0.2, 0.25) is 0 Å². The molecule has 16 heavy (non-hydrogen) atoms. The van der Waals surface area contributed by atoms with Crippen molar-refractivity contribution in [2.75, 3.05) is 27.2 Å². The average Bonchev–Trinajstić information content (AvgIpc) is 2.57. The molecule has 0 aliphatic carbocycles. The summed E-state index contributed by atoms with van der Waals surface area (Å²) in [4.78, 5) is 24.8. The first-order valence-corrected chi connectivity index (χ1v) is 5.59. The fraction of sp³-hybridized carbons (Fsp3) is 0.833. The van der Waals surface area contributed by atoms with Gasteiger partial charge in [-0.25, -0.2) is 0 Å². The van der Waals surface area contributed by atoms with Crippen molar-refractivity contribution in [1.82, 2.24) is 9.80 Å². The molecular formula is C12H24N2O2. The number of likely N-dealkylation sites (tertiary alicyclic amines) is 2. The first-order valence-electron chi connectivity index (χ1n) is 5.59. The normalized spacial score (nSPS) is 20.1. The summed E-state index contributed by atoms with van der Waals surface area (Å²) in [6.07, 6.45) is 4.84. The van der Waals surface area contributed by atoms with Gasteiger partial charge >= 0.3 is 0 Å². The SMILES string of the molecule is C.CN1CCCC1=O.CN1CCCCC1=O. The highest BCUT2D eigenvalue weighted by Gasteiger charge is 2.14. The van der Waals surface area contributed by atoms with E-state index in [1.54, 1.807) is 9.80 Å². The van der Waals surface area contributed by atoms with Gasteiger partial charge in [-0.1, -0.05) is 7.43 Å². The molecule has 0 N–H and O–H groups in total. The standard InChI is InChI=1S/C6H11NO.C5H9NO.CH4/c1-7-5-3-2-4-6(7)8;1-6-4-2-3-5(6)7;/h2-5H2,1H3;2-4H2,1H3;1H4. The van der Waals surface area contributed by atoms with E-state index in [2.05, 4.69) is 0 Å². The van der Waals surface area contributed by atoms with Crippen molar-refractivity contribution in [2.45, 2.75) is 39.5 Å². The molecule has 2 amide bonds. The minimum absolute atomic E-state index is 0. The van der Waals surface area contributed by atoms with Crippen LogP contribution in [0.3, 0.4) is 0 Å². The van der Waals surface area contributed by atoms with Crippen LogP contribution in [0.5, 0.6) is 0 Å². The zero-order valence-electron chi connectivity index (χ0n) is 9.66. The summed E-state index contributed by atoms with van der Waals surface area (Å²) in [5.74, 6) is 0.594. The van der Waals surface area contributed by atoms with Crippen LogP contribution in [0.25, 0.3) is 0 Å². The Morgan fingerprint density at radius 3 is 1.50 bits per heavy atom. The van der Waals surface area contributed by atoms with Crippen LogP contribution < -0.4 is 0 Å². The molecule has 0 saturated carbocycles. The topological polar surface area (TPSA) is 40.6 Å². The predicted molar refractivity (Wildman–Crippen MR) is 65.1 cm³/mol. The highest BCUT2D eigenvalue weighted by atomic mass is 16.2. The number of carbonyl (C=O) groups excluding carboxylic acids is 2. The van der Waals surface area contributed by atoms with Gasteiger partial charge in [0.1, 0.15) is 0 Å². The second-order valence-corrected chi connectivity index (χ2v) is 4.19. The van der Waals surface area contributed by atoms with Crippen molar-refractivity contribution in [3.63, 3.8) is 0 Å². The predicted octanol–water partition coefficient (Wildman–Crippen LogP) is 1.50. The second kappa shape index (κ2) is 7.25. The molecule has 94 valence electrons. The molecule has 4 heteroatoms. The number of hydrogen-bond donors (Lipinski definition) is 0. The molecule has 0 radical (unpaired) electrons. The molecule has 0 unspecified atom stereocenters. The third-order valence-corrected chi connectivity index (χ3v) is 2.87. The van der Waals surface area contributed by atoms with E-state index in [-0.39, 0.29) is 7.43 Å². The quantitative estimate of drug-likeness (QED) is 0.630. The number of nitrogens with zero attached hydrogens (tertiary/aromatic N) is 2. The van der Waals surface area contributed by atoms with E-state index in [9.17, 15) is 9.59 Å². The number of rotatable bonds is 0. The van der Waals surface area contributed by atoms with Gasteiger partial charge < -0.3 is 9.80 Å². The highest BCUT2D eigenvalue weighted by molar-refractivity contribution is 5.77. The largest absolute Gasteiger partial charge is 0.346 e. The monoisotopic (exact) mass is 228 g/mol. The fourth-order valence-corrected chi connectivity index (χ4v) is 1.72. The molecular weight excluding hydrogens is 204 g/mol. The van der Waals surface area contributed by atoms with E-state index in [1.165, 1.54) is 6.42 Å². The first kappa shape index (κ1) is 14.9. The first-order chi connectivity index (χ1) is 7.11. The van der Waals surface area contributed by atoms with Crippen LogP contribution in [-0.2, 0) is 9.59 Å². The van der Waals surface area contributed by atoms with Crippen molar-refractivity contribution in [3.05, 3.63) is 0 Å². The lowest BCUT2D eigenvalue weighted by atomic mass is 10.1. The molecule has 2 rings (SSSR count). The highest BCUT2D eigenvalue weighted by Crippen LogP contribution is 2.06. The number of amides is 2. The molecule has 2 aliphatic heterocycles. The Labute approximate surface area is 98.6 Å². The van der Waals surface area contributed by atoms with Crippen molar-refractivity contribution in [1.29, 1.82) is 0 Å². The summed E-state index contributed by atoms with van der Waals surface area (Å²) >= 11 is 0. The number of carbonyl (C=O) groups is 2. The third kappa shape index (κ3) is 4.64. The van der Waals surface area contributed by atoms with Crippen molar-refractivity contribution < 1.29 is 9.59 Å². The maximum absolute atomic E-state index is 10.7. The van der Waals surface area contributed by atoms with Crippen LogP contribution in [0.1, 0.15) is 39.5 Å². The molecule has 2 heterocycles. The van der Waals surface area contributed by atoms with Crippen LogP contribution in [0.15, 0.2) is 0 Å². The lowest BCUT2D eigenvalue weighted by molar-refractivity contribution is -0.131. The van der Waals surface area contributed by atoms with E-state index in [0.717, 1.165) is 38.8 Å². The van der Waals surface area contributed by atoms with Crippen molar-refractivity contribution in [3.8, 4) is 0 Å². The Balaban J connectivity index is 0.000000267. The molecule has 2 aliphatic rings. The molecule has 0 aromatic rings. The van der Waals surface area contributed by atoms with Gasteiger partial charge in [0.2, 0.25) is 11.8 Å². The average molecular weight is 228 g/mol. The van der Waals surface area contributed by atoms with Crippen LogP contribution >= 0.6 is 0 Å². The maximum Gasteiger partial charge on any atom is 0.222 e.